The third kappa shape index (κ3) is 4.79. The number of hydrogen-bond donors (Lipinski definition) is 1. The van der Waals surface area contributed by atoms with Gasteiger partial charge in [-0.05, 0) is 18.1 Å². The van der Waals surface area contributed by atoms with Crippen LogP contribution in [0.4, 0.5) is 0 Å². The number of aromatic nitrogens is 1. The lowest BCUT2D eigenvalue weighted by Crippen LogP contribution is -2.49. The van der Waals surface area contributed by atoms with Crippen molar-refractivity contribution in [1.29, 1.82) is 0 Å². The minimum Gasteiger partial charge on any atom is -0.340 e. The number of nitrogens with zero attached hydrogens (tertiary/aromatic N) is 3. The highest BCUT2D eigenvalue weighted by Gasteiger charge is 2.23. The summed E-state index contributed by atoms with van der Waals surface area (Å²) < 4.78 is 0. The van der Waals surface area contributed by atoms with Crippen LogP contribution in [0.2, 0.25) is 0 Å². The second kappa shape index (κ2) is 7.52. The van der Waals surface area contributed by atoms with E-state index in [1.54, 1.807) is 0 Å². The summed E-state index contributed by atoms with van der Waals surface area (Å²) in [5, 5.41) is 0. The lowest BCUT2D eigenvalue weighted by molar-refractivity contribution is -0.133. The molecule has 0 radical (unpaired) electrons. The first kappa shape index (κ1) is 15.9. The SMILES string of the molecule is CC(C)C(N)CC(=O)N1CCN(Cc2ccccn2)CC1. The van der Waals surface area contributed by atoms with Crippen LogP contribution in [-0.4, -0.2) is 52.9 Å². The molecule has 1 saturated heterocycles. The van der Waals surface area contributed by atoms with Gasteiger partial charge in [-0.2, -0.15) is 0 Å². The van der Waals surface area contributed by atoms with Crippen molar-refractivity contribution in [3.8, 4) is 0 Å². The average molecular weight is 290 g/mol. The summed E-state index contributed by atoms with van der Waals surface area (Å²) in [5.41, 5.74) is 7.07. The molecule has 5 nitrogen and oxygen atoms in total. The summed E-state index contributed by atoms with van der Waals surface area (Å²) in [5.74, 6) is 0.535. The Morgan fingerprint density at radius 1 is 1.29 bits per heavy atom. The van der Waals surface area contributed by atoms with Crippen molar-refractivity contribution in [3.63, 3.8) is 0 Å². The highest BCUT2D eigenvalue weighted by molar-refractivity contribution is 5.77. The van der Waals surface area contributed by atoms with E-state index in [1.807, 2.05) is 29.3 Å². The predicted molar refractivity (Wildman–Crippen MR) is 83.5 cm³/mol. The summed E-state index contributed by atoms with van der Waals surface area (Å²) in [6, 6.07) is 5.94. The van der Waals surface area contributed by atoms with Gasteiger partial charge < -0.3 is 10.6 Å². The Morgan fingerprint density at radius 2 is 2.00 bits per heavy atom. The molecule has 2 heterocycles. The maximum absolute atomic E-state index is 12.2. The Kier molecular flexibility index (Phi) is 5.70. The molecule has 2 N–H and O–H groups in total. The van der Waals surface area contributed by atoms with E-state index < -0.39 is 0 Å². The minimum absolute atomic E-state index is 0.0379. The normalized spacial score (nSPS) is 18.0. The van der Waals surface area contributed by atoms with Crippen LogP contribution in [0, 0.1) is 5.92 Å². The van der Waals surface area contributed by atoms with Gasteiger partial charge in [0.25, 0.3) is 0 Å². The summed E-state index contributed by atoms with van der Waals surface area (Å²) in [4.78, 5) is 20.8. The van der Waals surface area contributed by atoms with Gasteiger partial charge in [-0.25, -0.2) is 0 Å². The van der Waals surface area contributed by atoms with Gasteiger partial charge in [-0.3, -0.25) is 14.7 Å². The summed E-state index contributed by atoms with van der Waals surface area (Å²) in [7, 11) is 0. The van der Waals surface area contributed by atoms with Gasteiger partial charge in [0.05, 0.1) is 5.69 Å². The van der Waals surface area contributed by atoms with Crippen molar-refractivity contribution in [3.05, 3.63) is 30.1 Å². The molecule has 1 aliphatic heterocycles. The average Bonchev–Trinajstić information content (AvgIpc) is 2.48. The molecule has 2 rings (SSSR count). The zero-order valence-electron chi connectivity index (χ0n) is 13.0. The van der Waals surface area contributed by atoms with Gasteiger partial charge in [-0.1, -0.05) is 19.9 Å². The monoisotopic (exact) mass is 290 g/mol. The van der Waals surface area contributed by atoms with E-state index in [0.717, 1.165) is 38.4 Å². The first-order valence-electron chi connectivity index (χ1n) is 7.72. The molecule has 0 aromatic carbocycles. The number of carbonyl (C=O) groups excluding carboxylic acids is 1. The van der Waals surface area contributed by atoms with Crippen molar-refractivity contribution in [2.45, 2.75) is 32.9 Å². The Labute approximate surface area is 127 Å². The van der Waals surface area contributed by atoms with E-state index in [0.29, 0.717) is 12.3 Å². The first-order chi connectivity index (χ1) is 10.1. The van der Waals surface area contributed by atoms with Crippen LogP contribution < -0.4 is 5.73 Å². The molecular formula is C16H26N4O. The van der Waals surface area contributed by atoms with E-state index >= 15 is 0 Å². The molecular weight excluding hydrogens is 264 g/mol. The molecule has 1 atom stereocenters. The van der Waals surface area contributed by atoms with Crippen LogP contribution in [-0.2, 0) is 11.3 Å². The zero-order valence-corrected chi connectivity index (χ0v) is 13.0. The Morgan fingerprint density at radius 3 is 2.57 bits per heavy atom. The Balaban J connectivity index is 1.76. The number of nitrogens with two attached hydrogens (primary N) is 1. The Hall–Kier alpha value is -1.46. The number of hydrogen-bond acceptors (Lipinski definition) is 4. The van der Waals surface area contributed by atoms with Crippen molar-refractivity contribution < 1.29 is 4.79 Å². The number of rotatable bonds is 5. The van der Waals surface area contributed by atoms with Crippen LogP contribution in [0.5, 0.6) is 0 Å². The number of amides is 1. The maximum Gasteiger partial charge on any atom is 0.224 e. The molecule has 1 unspecified atom stereocenters. The van der Waals surface area contributed by atoms with E-state index in [1.165, 1.54) is 0 Å². The second-order valence-electron chi connectivity index (χ2n) is 6.09. The molecule has 116 valence electrons. The quantitative estimate of drug-likeness (QED) is 0.882. The molecule has 1 fully saturated rings. The summed E-state index contributed by atoms with van der Waals surface area (Å²) >= 11 is 0. The summed E-state index contributed by atoms with van der Waals surface area (Å²) in [6.45, 7) is 8.35. The largest absolute Gasteiger partial charge is 0.340 e. The predicted octanol–water partition coefficient (Wildman–Crippen LogP) is 1.10. The smallest absolute Gasteiger partial charge is 0.224 e. The highest BCUT2D eigenvalue weighted by atomic mass is 16.2. The lowest BCUT2D eigenvalue weighted by Gasteiger charge is -2.35. The molecule has 0 saturated carbocycles. The third-order valence-electron chi connectivity index (χ3n) is 4.10. The second-order valence-corrected chi connectivity index (χ2v) is 6.09. The number of piperazine rings is 1. The van der Waals surface area contributed by atoms with E-state index in [9.17, 15) is 4.79 Å². The van der Waals surface area contributed by atoms with Crippen molar-refractivity contribution >= 4 is 5.91 Å². The van der Waals surface area contributed by atoms with Gasteiger partial charge in [0.2, 0.25) is 5.91 Å². The van der Waals surface area contributed by atoms with Gasteiger partial charge in [0.1, 0.15) is 0 Å². The molecule has 0 aliphatic carbocycles. The first-order valence-corrected chi connectivity index (χ1v) is 7.72. The number of carbonyl (C=O) groups is 1. The van der Waals surface area contributed by atoms with Crippen molar-refractivity contribution in [2.24, 2.45) is 11.7 Å². The van der Waals surface area contributed by atoms with Crippen LogP contribution in [0.25, 0.3) is 0 Å². The molecule has 1 aromatic rings. The molecule has 0 bridgehead atoms. The standard InChI is InChI=1S/C16H26N4O/c1-13(2)15(17)11-16(21)20-9-7-19(8-10-20)12-14-5-3-4-6-18-14/h3-6,13,15H,7-12,17H2,1-2H3. The van der Waals surface area contributed by atoms with Crippen LogP contribution >= 0.6 is 0 Å². The van der Waals surface area contributed by atoms with Crippen molar-refractivity contribution in [2.75, 3.05) is 26.2 Å². The molecule has 1 aliphatic rings. The number of pyridine rings is 1. The van der Waals surface area contributed by atoms with Crippen molar-refractivity contribution in [1.82, 2.24) is 14.8 Å². The maximum atomic E-state index is 12.2. The minimum atomic E-state index is -0.0379. The Bertz CT molecular complexity index is 441. The fourth-order valence-electron chi connectivity index (χ4n) is 2.44. The fourth-order valence-corrected chi connectivity index (χ4v) is 2.44. The molecule has 1 amide bonds. The lowest BCUT2D eigenvalue weighted by atomic mass is 10.0. The molecule has 5 heteroatoms. The van der Waals surface area contributed by atoms with Gasteiger partial charge in [-0.15, -0.1) is 0 Å². The topological polar surface area (TPSA) is 62.5 Å². The van der Waals surface area contributed by atoms with E-state index in [4.69, 9.17) is 5.73 Å². The highest BCUT2D eigenvalue weighted by Crippen LogP contribution is 2.10. The van der Waals surface area contributed by atoms with E-state index in [-0.39, 0.29) is 11.9 Å². The van der Waals surface area contributed by atoms with Crippen LogP contribution in [0.15, 0.2) is 24.4 Å². The fraction of sp³-hybridized carbons (Fsp3) is 0.625. The van der Waals surface area contributed by atoms with Gasteiger partial charge >= 0.3 is 0 Å². The molecule has 21 heavy (non-hydrogen) atoms. The summed E-state index contributed by atoms with van der Waals surface area (Å²) in [6.07, 6.45) is 2.28. The van der Waals surface area contributed by atoms with Crippen LogP contribution in [0.3, 0.4) is 0 Å². The van der Waals surface area contributed by atoms with Gasteiger partial charge in [0.15, 0.2) is 0 Å². The van der Waals surface area contributed by atoms with Gasteiger partial charge in [0, 0.05) is 51.4 Å². The zero-order chi connectivity index (χ0) is 15.2. The molecule has 1 aromatic heterocycles. The van der Waals surface area contributed by atoms with E-state index in [2.05, 4.69) is 23.7 Å². The molecule has 0 spiro atoms. The van der Waals surface area contributed by atoms with Crippen LogP contribution in [0.1, 0.15) is 26.0 Å². The third-order valence-corrected chi connectivity index (χ3v) is 4.10.